The molecule has 0 spiro atoms. The Morgan fingerprint density at radius 3 is 2.39 bits per heavy atom. The average molecular weight is 433 g/mol. The summed E-state index contributed by atoms with van der Waals surface area (Å²) < 4.78 is 57.5. The van der Waals surface area contributed by atoms with E-state index >= 15 is 0 Å². The first-order valence-corrected chi connectivity index (χ1v) is 10.4. The summed E-state index contributed by atoms with van der Waals surface area (Å²) in [6, 6.07) is 7.74. The third-order valence-corrected chi connectivity index (χ3v) is 5.31. The number of nitrogens with zero attached hydrogens (tertiary/aromatic N) is 1. The predicted molar refractivity (Wildman–Crippen MR) is 104 cm³/mol. The zero-order chi connectivity index (χ0) is 20.9. The minimum Gasteiger partial charge on any atom is -0.495 e. The smallest absolute Gasteiger partial charge is 0.232 e. The Labute approximate surface area is 167 Å². The Bertz CT molecular complexity index is 950. The molecule has 0 heterocycles. The fourth-order valence-corrected chi connectivity index (χ4v) is 3.71. The highest BCUT2D eigenvalue weighted by molar-refractivity contribution is 7.92. The molecular weight excluding hydrogens is 414 g/mol. The Morgan fingerprint density at radius 1 is 1.21 bits per heavy atom. The normalized spacial score (nSPS) is 11.2. The minimum atomic E-state index is -3.64. The van der Waals surface area contributed by atoms with Crippen molar-refractivity contribution in [3.63, 3.8) is 0 Å². The van der Waals surface area contributed by atoms with Crippen LogP contribution in [0.3, 0.4) is 0 Å². The molecular formula is C18H19ClF2N2O4S. The van der Waals surface area contributed by atoms with Crippen molar-refractivity contribution in [2.45, 2.75) is 12.8 Å². The second-order valence-electron chi connectivity index (χ2n) is 5.90. The molecule has 1 amide bonds. The zero-order valence-corrected chi connectivity index (χ0v) is 16.8. The molecule has 2 aromatic rings. The molecule has 0 aliphatic heterocycles. The fourth-order valence-electron chi connectivity index (χ4n) is 2.50. The van der Waals surface area contributed by atoms with Crippen molar-refractivity contribution in [1.82, 2.24) is 0 Å². The van der Waals surface area contributed by atoms with E-state index in [4.69, 9.17) is 16.3 Å². The number of carbonyl (C=O) groups is 1. The molecule has 6 nitrogen and oxygen atoms in total. The Kier molecular flexibility index (Phi) is 7.20. The number of sulfonamides is 1. The van der Waals surface area contributed by atoms with E-state index in [2.05, 4.69) is 5.32 Å². The third-order valence-electron chi connectivity index (χ3n) is 3.82. The van der Waals surface area contributed by atoms with Crippen LogP contribution in [0.15, 0.2) is 36.4 Å². The van der Waals surface area contributed by atoms with Crippen molar-refractivity contribution in [2.75, 3.05) is 29.5 Å². The maximum absolute atomic E-state index is 13.6. The fraction of sp³-hybridized carbons (Fsp3) is 0.278. The number of ether oxygens (including phenoxy) is 1. The van der Waals surface area contributed by atoms with Crippen LogP contribution in [0.2, 0.25) is 5.02 Å². The summed E-state index contributed by atoms with van der Waals surface area (Å²) in [4.78, 5) is 12.0. The molecule has 2 rings (SSSR count). The Balaban J connectivity index is 2.05. The summed E-state index contributed by atoms with van der Waals surface area (Å²) in [6.45, 7) is -0.0192. The summed E-state index contributed by atoms with van der Waals surface area (Å²) >= 11 is 6.05. The van der Waals surface area contributed by atoms with Gasteiger partial charge in [-0.05, 0) is 36.8 Å². The van der Waals surface area contributed by atoms with Gasteiger partial charge < -0.3 is 10.1 Å². The van der Waals surface area contributed by atoms with Gasteiger partial charge in [-0.1, -0.05) is 17.7 Å². The summed E-state index contributed by atoms with van der Waals surface area (Å²) in [5, 5.41) is 2.40. The van der Waals surface area contributed by atoms with Crippen LogP contribution in [0.25, 0.3) is 0 Å². The lowest BCUT2D eigenvalue weighted by Crippen LogP contribution is -2.31. The van der Waals surface area contributed by atoms with Gasteiger partial charge in [0.25, 0.3) is 0 Å². The highest BCUT2D eigenvalue weighted by atomic mass is 35.5. The minimum absolute atomic E-state index is 0.0192. The van der Waals surface area contributed by atoms with Gasteiger partial charge in [-0.3, -0.25) is 9.10 Å². The zero-order valence-electron chi connectivity index (χ0n) is 15.2. The number of halogens is 3. The van der Waals surface area contributed by atoms with Gasteiger partial charge in [0, 0.05) is 13.0 Å². The van der Waals surface area contributed by atoms with Gasteiger partial charge in [-0.15, -0.1) is 0 Å². The first-order chi connectivity index (χ1) is 13.1. The van der Waals surface area contributed by atoms with Crippen LogP contribution in [0.4, 0.5) is 20.2 Å². The van der Waals surface area contributed by atoms with E-state index in [1.165, 1.54) is 31.4 Å². The molecule has 0 radical (unpaired) electrons. The van der Waals surface area contributed by atoms with Gasteiger partial charge in [0.2, 0.25) is 15.9 Å². The number of amides is 1. The summed E-state index contributed by atoms with van der Waals surface area (Å²) in [5.41, 5.74) is -0.219. The number of hydrogen-bond donors (Lipinski definition) is 1. The third kappa shape index (κ3) is 5.56. The Morgan fingerprint density at radius 2 is 1.86 bits per heavy atom. The number of rotatable bonds is 8. The quantitative estimate of drug-likeness (QED) is 0.688. The molecule has 0 saturated carbocycles. The number of carbonyl (C=O) groups excluding carboxylic acids is 1. The molecule has 0 fully saturated rings. The van der Waals surface area contributed by atoms with Crippen LogP contribution in [0, 0.1) is 11.6 Å². The van der Waals surface area contributed by atoms with Crippen LogP contribution in [-0.2, 0) is 14.8 Å². The second-order valence-corrected chi connectivity index (χ2v) is 8.22. The van der Waals surface area contributed by atoms with E-state index in [-0.39, 0.29) is 24.4 Å². The van der Waals surface area contributed by atoms with Gasteiger partial charge in [0.15, 0.2) is 0 Å². The van der Waals surface area contributed by atoms with Gasteiger partial charge in [-0.25, -0.2) is 17.2 Å². The SMILES string of the molecule is COc1ccc(N(CCCC(=O)Nc2c(F)cccc2F)S(C)(=O)=O)cc1Cl. The molecule has 0 atom stereocenters. The monoisotopic (exact) mass is 432 g/mol. The lowest BCUT2D eigenvalue weighted by atomic mass is 10.2. The van der Waals surface area contributed by atoms with Gasteiger partial charge in [0.05, 0.1) is 24.1 Å². The predicted octanol–water partition coefficient (Wildman–Crippen LogP) is 3.81. The summed E-state index contributed by atoms with van der Waals surface area (Å²) in [6.07, 6.45) is 1.02. The van der Waals surface area contributed by atoms with Crippen molar-refractivity contribution in [2.24, 2.45) is 0 Å². The van der Waals surface area contributed by atoms with Crippen molar-refractivity contribution < 1.29 is 26.7 Å². The van der Waals surface area contributed by atoms with Crippen LogP contribution < -0.4 is 14.4 Å². The molecule has 10 heteroatoms. The van der Waals surface area contributed by atoms with E-state index < -0.39 is 33.3 Å². The average Bonchev–Trinajstić information content (AvgIpc) is 2.61. The second kappa shape index (κ2) is 9.20. The molecule has 1 N–H and O–H groups in total. The summed E-state index contributed by atoms with van der Waals surface area (Å²) in [5.74, 6) is -2.02. The highest BCUT2D eigenvalue weighted by Crippen LogP contribution is 2.30. The van der Waals surface area contributed by atoms with E-state index in [1.807, 2.05) is 0 Å². The lowest BCUT2D eigenvalue weighted by Gasteiger charge is -2.23. The first-order valence-electron chi connectivity index (χ1n) is 8.18. The van der Waals surface area contributed by atoms with Crippen LogP contribution in [0.5, 0.6) is 5.75 Å². The summed E-state index contributed by atoms with van der Waals surface area (Å²) in [7, 11) is -2.21. The van der Waals surface area contributed by atoms with Crippen molar-refractivity contribution in [1.29, 1.82) is 0 Å². The molecule has 28 heavy (non-hydrogen) atoms. The molecule has 0 aliphatic carbocycles. The number of benzene rings is 2. The number of para-hydroxylation sites is 1. The van der Waals surface area contributed by atoms with Gasteiger partial charge in [-0.2, -0.15) is 0 Å². The highest BCUT2D eigenvalue weighted by Gasteiger charge is 2.19. The number of methoxy groups -OCH3 is 1. The lowest BCUT2D eigenvalue weighted by molar-refractivity contribution is -0.116. The molecule has 2 aromatic carbocycles. The molecule has 0 aromatic heterocycles. The molecule has 0 unspecified atom stereocenters. The topological polar surface area (TPSA) is 75.7 Å². The van der Waals surface area contributed by atoms with Crippen molar-refractivity contribution in [3.8, 4) is 5.75 Å². The largest absolute Gasteiger partial charge is 0.495 e. The molecule has 0 aliphatic rings. The molecule has 0 bridgehead atoms. The number of hydrogen-bond acceptors (Lipinski definition) is 4. The van der Waals surface area contributed by atoms with E-state index in [9.17, 15) is 22.0 Å². The van der Waals surface area contributed by atoms with Gasteiger partial charge >= 0.3 is 0 Å². The number of nitrogens with one attached hydrogen (secondary N) is 1. The standard InChI is InChI=1S/C18H19ClF2N2O4S/c1-27-16-9-8-12(11-13(16)19)23(28(2,25)26)10-4-7-17(24)22-18-14(20)5-3-6-15(18)21/h3,5-6,8-9,11H,4,7,10H2,1-2H3,(H,22,24). The van der Waals surface area contributed by atoms with Crippen LogP contribution >= 0.6 is 11.6 Å². The van der Waals surface area contributed by atoms with Crippen LogP contribution in [0.1, 0.15) is 12.8 Å². The number of anilines is 2. The first kappa shape index (κ1) is 21.9. The van der Waals surface area contributed by atoms with Crippen molar-refractivity contribution in [3.05, 3.63) is 53.1 Å². The molecule has 152 valence electrons. The maximum Gasteiger partial charge on any atom is 0.232 e. The van der Waals surface area contributed by atoms with Crippen molar-refractivity contribution >= 4 is 38.9 Å². The Hall–Kier alpha value is -2.39. The van der Waals surface area contributed by atoms with E-state index in [0.717, 1.165) is 22.7 Å². The van der Waals surface area contributed by atoms with Gasteiger partial charge in [0.1, 0.15) is 23.1 Å². The van der Waals surface area contributed by atoms with E-state index in [0.29, 0.717) is 11.4 Å². The van der Waals surface area contributed by atoms with Crippen LogP contribution in [-0.4, -0.2) is 34.2 Å². The maximum atomic E-state index is 13.6. The van der Waals surface area contributed by atoms with E-state index in [1.54, 1.807) is 0 Å². The molecule has 0 saturated heterocycles.